The standard InChI is InChI=1S/C19H24F3O5P/c1-16(2)24-10-9-11-14(27-17(3,4)25-11)15(13(10)26-16)28-12-7-5-6-8-18(12,23)19(20,21)22/h9,12,23,28H,5-8H2,1-4H3. The van der Waals surface area contributed by atoms with Crippen LogP contribution in [0.15, 0.2) is 6.07 Å². The highest BCUT2D eigenvalue weighted by atomic mass is 31.1. The number of ether oxygens (including phenoxy) is 4. The van der Waals surface area contributed by atoms with E-state index < -0.39 is 29.0 Å². The number of benzene rings is 1. The van der Waals surface area contributed by atoms with Crippen molar-refractivity contribution in [3.8, 4) is 23.0 Å². The van der Waals surface area contributed by atoms with E-state index in [0.29, 0.717) is 41.1 Å². The van der Waals surface area contributed by atoms with Gasteiger partial charge in [-0.3, -0.25) is 0 Å². The minimum atomic E-state index is -4.69. The Kier molecular flexibility index (Phi) is 4.30. The molecule has 3 unspecified atom stereocenters. The molecule has 0 bridgehead atoms. The molecule has 156 valence electrons. The van der Waals surface area contributed by atoms with Gasteiger partial charge in [0.1, 0.15) is 0 Å². The molecule has 2 aliphatic heterocycles. The first-order chi connectivity index (χ1) is 12.8. The summed E-state index contributed by atoms with van der Waals surface area (Å²) >= 11 is 0. The minimum absolute atomic E-state index is 0.279. The first-order valence-corrected chi connectivity index (χ1v) is 10.4. The zero-order chi connectivity index (χ0) is 20.5. The van der Waals surface area contributed by atoms with Crippen molar-refractivity contribution in [2.75, 3.05) is 0 Å². The van der Waals surface area contributed by atoms with E-state index in [1.807, 2.05) is 0 Å². The van der Waals surface area contributed by atoms with Crippen molar-refractivity contribution in [3.05, 3.63) is 6.07 Å². The molecule has 0 radical (unpaired) electrons. The summed E-state index contributed by atoms with van der Waals surface area (Å²) < 4.78 is 64.5. The van der Waals surface area contributed by atoms with Crippen LogP contribution < -0.4 is 24.3 Å². The maximum Gasteiger partial charge on any atom is 0.417 e. The molecular weight excluding hydrogens is 396 g/mol. The summed E-state index contributed by atoms with van der Waals surface area (Å²) in [7, 11) is -0.365. The predicted molar refractivity (Wildman–Crippen MR) is 98.3 cm³/mol. The van der Waals surface area contributed by atoms with Crippen LogP contribution in [0, 0.1) is 0 Å². The van der Waals surface area contributed by atoms with Crippen molar-refractivity contribution < 1.29 is 37.2 Å². The first kappa shape index (κ1) is 19.9. The second kappa shape index (κ2) is 6.05. The van der Waals surface area contributed by atoms with Gasteiger partial charge in [0.05, 0.1) is 5.30 Å². The highest BCUT2D eigenvalue weighted by Gasteiger charge is 2.59. The molecule has 1 aliphatic carbocycles. The number of alkyl halides is 3. The van der Waals surface area contributed by atoms with E-state index in [-0.39, 0.29) is 21.4 Å². The van der Waals surface area contributed by atoms with Crippen LogP contribution in [0.4, 0.5) is 13.2 Å². The normalized spacial score (nSPS) is 30.2. The Hall–Kier alpha value is -1.40. The van der Waals surface area contributed by atoms with Crippen LogP contribution in [0.1, 0.15) is 53.4 Å². The number of rotatable bonds is 2. The summed E-state index contributed by atoms with van der Waals surface area (Å²) in [4.78, 5) is 0. The van der Waals surface area contributed by atoms with E-state index in [2.05, 4.69) is 0 Å². The molecule has 1 saturated carbocycles. The molecule has 1 N–H and O–H groups in total. The van der Waals surface area contributed by atoms with Gasteiger partial charge in [0.25, 0.3) is 0 Å². The van der Waals surface area contributed by atoms with Gasteiger partial charge in [-0.2, -0.15) is 13.2 Å². The third-order valence-electron chi connectivity index (χ3n) is 5.26. The molecule has 2 heterocycles. The van der Waals surface area contributed by atoms with Crippen LogP contribution >= 0.6 is 8.58 Å². The fraction of sp³-hybridized carbons (Fsp3) is 0.684. The van der Waals surface area contributed by atoms with Crippen LogP contribution in [-0.4, -0.2) is 34.1 Å². The fourth-order valence-corrected chi connectivity index (χ4v) is 5.86. The van der Waals surface area contributed by atoms with E-state index in [0.717, 1.165) is 0 Å². The van der Waals surface area contributed by atoms with Gasteiger partial charge in [0.15, 0.2) is 28.6 Å². The Morgan fingerprint density at radius 3 is 2.00 bits per heavy atom. The summed E-state index contributed by atoms with van der Waals surface area (Å²) in [6.07, 6.45) is -3.72. The van der Waals surface area contributed by atoms with Gasteiger partial charge >= 0.3 is 6.18 Å². The Bertz CT molecular complexity index is 765. The van der Waals surface area contributed by atoms with Gasteiger partial charge in [0, 0.05) is 39.4 Å². The van der Waals surface area contributed by atoms with Crippen molar-refractivity contribution >= 4 is 13.9 Å². The summed E-state index contributed by atoms with van der Waals surface area (Å²) in [6.45, 7) is 6.90. The van der Waals surface area contributed by atoms with Crippen molar-refractivity contribution in [1.82, 2.24) is 0 Å². The monoisotopic (exact) mass is 420 g/mol. The lowest BCUT2D eigenvalue weighted by molar-refractivity contribution is -0.267. The highest BCUT2D eigenvalue weighted by Crippen LogP contribution is 2.55. The van der Waals surface area contributed by atoms with Crippen molar-refractivity contribution in [1.29, 1.82) is 0 Å². The summed E-state index contributed by atoms with van der Waals surface area (Å²) in [5, 5.41) is 11.1. The zero-order valence-corrected chi connectivity index (χ0v) is 17.2. The highest BCUT2D eigenvalue weighted by molar-refractivity contribution is 7.48. The lowest BCUT2D eigenvalue weighted by Gasteiger charge is -2.41. The Labute approximate surface area is 163 Å². The second-order valence-corrected chi connectivity index (χ2v) is 9.96. The predicted octanol–water partition coefficient (Wildman–Crippen LogP) is 4.24. The average molecular weight is 420 g/mol. The summed E-state index contributed by atoms with van der Waals surface area (Å²) in [6, 6.07) is 1.65. The van der Waals surface area contributed by atoms with Gasteiger partial charge in [-0.05, 0) is 12.8 Å². The number of hydrogen-bond acceptors (Lipinski definition) is 5. The van der Waals surface area contributed by atoms with E-state index in [1.54, 1.807) is 33.8 Å². The number of hydrogen-bond donors (Lipinski definition) is 1. The Morgan fingerprint density at radius 2 is 1.50 bits per heavy atom. The topological polar surface area (TPSA) is 57.2 Å². The van der Waals surface area contributed by atoms with Crippen LogP contribution in [0.2, 0.25) is 0 Å². The zero-order valence-electron chi connectivity index (χ0n) is 16.2. The van der Waals surface area contributed by atoms with Gasteiger partial charge < -0.3 is 24.1 Å². The maximum absolute atomic E-state index is 13.7. The smallest absolute Gasteiger partial charge is 0.417 e. The van der Waals surface area contributed by atoms with Crippen molar-refractivity contribution in [2.24, 2.45) is 0 Å². The summed E-state index contributed by atoms with van der Waals surface area (Å²) in [5.41, 5.74) is -3.69. The molecule has 0 saturated heterocycles. The molecule has 0 aromatic heterocycles. The first-order valence-electron chi connectivity index (χ1n) is 9.34. The van der Waals surface area contributed by atoms with Crippen LogP contribution in [0.5, 0.6) is 23.0 Å². The molecule has 5 nitrogen and oxygen atoms in total. The van der Waals surface area contributed by atoms with E-state index in [4.69, 9.17) is 18.9 Å². The minimum Gasteiger partial charge on any atom is -0.449 e. The van der Waals surface area contributed by atoms with Crippen molar-refractivity contribution in [3.63, 3.8) is 0 Å². The molecule has 1 aromatic rings. The maximum atomic E-state index is 13.7. The van der Waals surface area contributed by atoms with Crippen LogP contribution in [0.25, 0.3) is 0 Å². The van der Waals surface area contributed by atoms with E-state index in [1.165, 1.54) is 0 Å². The van der Waals surface area contributed by atoms with Gasteiger partial charge in [0.2, 0.25) is 11.6 Å². The molecule has 1 fully saturated rings. The number of aliphatic hydroxyl groups is 1. The van der Waals surface area contributed by atoms with Crippen LogP contribution in [0.3, 0.4) is 0 Å². The molecule has 0 spiro atoms. The summed E-state index contributed by atoms with van der Waals surface area (Å²) in [5.74, 6) is -0.312. The van der Waals surface area contributed by atoms with Crippen LogP contribution in [-0.2, 0) is 0 Å². The van der Waals surface area contributed by atoms with Gasteiger partial charge in [-0.1, -0.05) is 21.4 Å². The third-order valence-corrected chi connectivity index (χ3v) is 7.12. The molecule has 4 rings (SSSR count). The molecule has 3 aliphatic rings. The lowest BCUT2D eigenvalue weighted by atomic mass is 9.84. The Balaban J connectivity index is 1.78. The quantitative estimate of drug-likeness (QED) is 0.726. The Morgan fingerprint density at radius 1 is 0.964 bits per heavy atom. The van der Waals surface area contributed by atoms with Crippen molar-refractivity contribution in [2.45, 2.75) is 82.4 Å². The fourth-order valence-electron chi connectivity index (χ4n) is 4.01. The van der Waals surface area contributed by atoms with E-state index >= 15 is 0 Å². The molecule has 0 amide bonds. The van der Waals surface area contributed by atoms with E-state index in [9.17, 15) is 18.3 Å². The molecule has 28 heavy (non-hydrogen) atoms. The lowest BCUT2D eigenvalue weighted by Crippen LogP contribution is -2.54. The molecule has 9 heteroatoms. The van der Waals surface area contributed by atoms with Gasteiger partial charge in [-0.15, -0.1) is 0 Å². The second-order valence-electron chi connectivity index (χ2n) is 8.48. The SMILES string of the molecule is CC1(C)Oc2cc3c(c(PC4CCCCC4(O)C(F)(F)F)c2O1)OC(C)(C)O3. The molecular formula is C19H24F3O5P. The number of fused-ring (bicyclic) bond motifs is 2. The third kappa shape index (κ3) is 3.18. The molecule has 3 atom stereocenters. The average Bonchev–Trinajstić information content (AvgIpc) is 3.01. The van der Waals surface area contributed by atoms with Gasteiger partial charge in [-0.25, -0.2) is 0 Å². The number of halogens is 3. The largest absolute Gasteiger partial charge is 0.449 e. The molecule has 1 aromatic carbocycles.